The lowest BCUT2D eigenvalue weighted by atomic mass is 10.1. The lowest BCUT2D eigenvalue weighted by Gasteiger charge is -2.20. The minimum absolute atomic E-state index is 0.0456. The zero-order chi connectivity index (χ0) is 21.3. The molecule has 1 aromatic heterocycles. The van der Waals surface area contributed by atoms with Crippen LogP contribution in [0, 0.1) is 24.0 Å². The highest BCUT2D eigenvalue weighted by atomic mass is 16.7. The Balaban J connectivity index is 1.59. The van der Waals surface area contributed by atoms with Crippen LogP contribution in [0.4, 0.5) is 5.69 Å². The molecule has 3 aromatic rings. The fourth-order valence-electron chi connectivity index (χ4n) is 3.66. The van der Waals surface area contributed by atoms with Crippen LogP contribution in [0.3, 0.4) is 0 Å². The van der Waals surface area contributed by atoms with E-state index in [9.17, 15) is 14.9 Å². The van der Waals surface area contributed by atoms with Gasteiger partial charge in [-0.05, 0) is 32.0 Å². The van der Waals surface area contributed by atoms with Crippen LogP contribution in [0.25, 0.3) is 5.69 Å². The predicted molar refractivity (Wildman–Crippen MR) is 108 cm³/mol. The summed E-state index contributed by atoms with van der Waals surface area (Å²) in [4.78, 5) is 23.5. The van der Waals surface area contributed by atoms with Crippen molar-refractivity contribution in [2.75, 3.05) is 6.79 Å². The predicted octanol–water partition coefficient (Wildman–Crippen LogP) is 4.23. The number of carbonyl (C=O) groups is 1. The van der Waals surface area contributed by atoms with Gasteiger partial charge in [0.1, 0.15) is 12.4 Å². The van der Waals surface area contributed by atoms with Gasteiger partial charge < -0.3 is 18.8 Å². The van der Waals surface area contributed by atoms with Gasteiger partial charge in [0, 0.05) is 40.3 Å². The molecule has 0 saturated heterocycles. The molecule has 1 aliphatic heterocycles. The Labute approximate surface area is 172 Å². The second kappa shape index (κ2) is 8.00. The normalized spacial score (nSPS) is 12.7. The number of para-hydroxylation sites is 1. The average molecular weight is 408 g/mol. The van der Waals surface area contributed by atoms with Crippen molar-refractivity contribution in [2.45, 2.75) is 27.1 Å². The van der Waals surface area contributed by atoms with Crippen molar-refractivity contribution >= 4 is 11.7 Å². The number of hydrogen-bond acceptors (Lipinski definition) is 6. The molecule has 8 heteroatoms. The molecule has 2 heterocycles. The third-order valence-corrected chi connectivity index (χ3v) is 5.01. The lowest BCUT2D eigenvalue weighted by molar-refractivity contribution is -0.385. The zero-order valence-corrected chi connectivity index (χ0v) is 16.6. The minimum Gasteiger partial charge on any atom is -0.467 e. The van der Waals surface area contributed by atoms with Gasteiger partial charge >= 0.3 is 5.97 Å². The maximum Gasteiger partial charge on any atom is 0.340 e. The van der Waals surface area contributed by atoms with E-state index < -0.39 is 10.9 Å². The summed E-state index contributed by atoms with van der Waals surface area (Å²) < 4.78 is 18.2. The largest absolute Gasteiger partial charge is 0.467 e. The summed E-state index contributed by atoms with van der Waals surface area (Å²) in [5, 5.41) is 11.2. The van der Waals surface area contributed by atoms with Gasteiger partial charge in [0.15, 0.2) is 6.79 Å². The summed E-state index contributed by atoms with van der Waals surface area (Å²) in [6, 6.07) is 14.3. The molecule has 1 aliphatic rings. The Morgan fingerprint density at radius 3 is 2.70 bits per heavy atom. The number of hydrogen-bond donors (Lipinski definition) is 0. The van der Waals surface area contributed by atoms with E-state index in [2.05, 4.69) is 0 Å². The Kier molecular flexibility index (Phi) is 5.24. The molecule has 0 N–H and O–H groups in total. The molecule has 154 valence electrons. The first-order valence-electron chi connectivity index (χ1n) is 9.38. The van der Waals surface area contributed by atoms with E-state index in [1.807, 2.05) is 48.7 Å². The number of ether oxygens (including phenoxy) is 3. The van der Waals surface area contributed by atoms with Gasteiger partial charge in [-0.2, -0.15) is 0 Å². The molecule has 8 nitrogen and oxygen atoms in total. The third-order valence-electron chi connectivity index (χ3n) is 5.01. The Morgan fingerprint density at radius 1 is 1.20 bits per heavy atom. The van der Waals surface area contributed by atoms with Crippen molar-refractivity contribution < 1.29 is 23.9 Å². The van der Waals surface area contributed by atoms with Crippen LogP contribution in [0.1, 0.15) is 32.9 Å². The molecular weight excluding hydrogens is 388 g/mol. The van der Waals surface area contributed by atoms with Gasteiger partial charge in [0.2, 0.25) is 0 Å². The van der Waals surface area contributed by atoms with Crippen LogP contribution in [-0.2, 0) is 22.7 Å². The highest BCUT2D eigenvalue weighted by molar-refractivity contribution is 5.91. The van der Waals surface area contributed by atoms with E-state index in [0.29, 0.717) is 22.4 Å². The lowest BCUT2D eigenvalue weighted by Crippen LogP contribution is -2.15. The van der Waals surface area contributed by atoms with Gasteiger partial charge in [-0.1, -0.05) is 18.2 Å². The number of nitro groups is 1. The van der Waals surface area contributed by atoms with Crippen LogP contribution < -0.4 is 4.74 Å². The number of nitro benzene ring substituents is 1. The van der Waals surface area contributed by atoms with E-state index in [-0.39, 0.29) is 25.7 Å². The van der Waals surface area contributed by atoms with Gasteiger partial charge in [-0.25, -0.2) is 4.79 Å². The topological polar surface area (TPSA) is 92.8 Å². The summed E-state index contributed by atoms with van der Waals surface area (Å²) in [5.41, 5.74) is 3.95. The summed E-state index contributed by atoms with van der Waals surface area (Å²) in [6.45, 7) is 3.88. The van der Waals surface area contributed by atoms with Crippen LogP contribution in [-0.4, -0.2) is 22.3 Å². The van der Waals surface area contributed by atoms with E-state index in [0.717, 1.165) is 17.1 Å². The molecule has 2 aromatic carbocycles. The first-order chi connectivity index (χ1) is 14.5. The van der Waals surface area contributed by atoms with E-state index >= 15 is 0 Å². The highest BCUT2D eigenvalue weighted by Gasteiger charge is 2.23. The quantitative estimate of drug-likeness (QED) is 0.356. The molecule has 0 fully saturated rings. The number of carbonyl (C=O) groups excluding carboxylic acids is 1. The zero-order valence-electron chi connectivity index (χ0n) is 16.6. The maximum atomic E-state index is 12.8. The van der Waals surface area contributed by atoms with Gasteiger partial charge in [-0.3, -0.25) is 10.1 Å². The summed E-state index contributed by atoms with van der Waals surface area (Å²) in [6.07, 6.45) is 0. The molecule has 0 aliphatic carbocycles. The standard InChI is InChI=1S/C22H20N2O6/c1-14-8-20(15(2)23(14)18-6-4-3-5-7-18)22(25)29-12-17-10-19(24(26)27)9-16-11-28-13-30-21(16)17/h3-10H,11-13H2,1-2H3. The van der Waals surface area contributed by atoms with Crippen molar-refractivity contribution in [1.82, 2.24) is 4.57 Å². The van der Waals surface area contributed by atoms with E-state index in [4.69, 9.17) is 14.2 Å². The molecule has 30 heavy (non-hydrogen) atoms. The van der Waals surface area contributed by atoms with Crippen molar-refractivity contribution in [3.63, 3.8) is 0 Å². The van der Waals surface area contributed by atoms with Crippen molar-refractivity contribution in [3.05, 3.63) is 86.7 Å². The fourth-order valence-corrected chi connectivity index (χ4v) is 3.66. The minimum atomic E-state index is -0.502. The molecule has 0 radical (unpaired) electrons. The molecule has 0 atom stereocenters. The summed E-state index contributed by atoms with van der Waals surface area (Å²) in [5.74, 6) is -0.0352. The highest BCUT2D eigenvalue weighted by Crippen LogP contribution is 2.33. The number of fused-ring (bicyclic) bond motifs is 1. The van der Waals surface area contributed by atoms with Gasteiger partial charge in [-0.15, -0.1) is 0 Å². The summed E-state index contributed by atoms with van der Waals surface area (Å²) in [7, 11) is 0. The van der Waals surface area contributed by atoms with Gasteiger partial charge in [0.25, 0.3) is 5.69 Å². The number of benzene rings is 2. The second-order valence-corrected chi connectivity index (χ2v) is 6.99. The smallest absolute Gasteiger partial charge is 0.340 e. The number of aromatic nitrogens is 1. The van der Waals surface area contributed by atoms with Crippen molar-refractivity contribution in [2.24, 2.45) is 0 Å². The fraction of sp³-hybridized carbons (Fsp3) is 0.227. The third kappa shape index (κ3) is 3.65. The molecule has 4 rings (SSSR count). The van der Waals surface area contributed by atoms with Crippen LogP contribution in [0.5, 0.6) is 5.75 Å². The van der Waals surface area contributed by atoms with E-state index in [1.54, 1.807) is 6.07 Å². The maximum absolute atomic E-state index is 12.8. The number of esters is 1. The molecule has 0 spiro atoms. The van der Waals surface area contributed by atoms with Crippen LogP contribution in [0.15, 0.2) is 48.5 Å². The van der Waals surface area contributed by atoms with E-state index in [1.165, 1.54) is 12.1 Å². The SMILES string of the molecule is Cc1cc(C(=O)OCc2cc([N+](=O)[O-])cc3c2OCOC3)c(C)n1-c1ccccc1. The Morgan fingerprint density at radius 2 is 1.97 bits per heavy atom. The molecule has 0 bridgehead atoms. The van der Waals surface area contributed by atoms with Crippen LogP contribution >= 0.6 is 0 Å². The van der Waals surface area contributed by atoms with Crippen molar-refractivity contribution in [1.29, 1.82) is 0 Å². The number of rotatable bonds is 5. The Hall–Kier alpha value is -3.65. The molecular formula is C22H20N2O6. The van der Waals surface area contributed by atoms with Crippen molar-refractivity contribution in [3.8, 4) is 11.4 Å². The summed E-state index contributed by atoms with van der Waals surface area (Å²) >= 11 is 0. The Bertz CT molecular complexity index is 1120. The van der Waals surface area contributed by atoms with Crippen LogP contribution in [0.2, 0.25) is 0 Å². The number of non-ortho nitro benzene ring substituents is 1. The molecule has 0 saturated carbocycles. The second-order valence-electron chi connectivity index (χ2n) is 6.99. The molecule has 0 unspecified atom stereocenters. The number of nitrogens with zero attached hydrogens (tertiary/aromatic N) is 2. The van der Waals surface area contributed by atoms with Gasteiger partial charge in [0.05, 0.1) is 17.1 Å². The number of aryl methyl sites for hydroxylation is 1. The first-order valence-corrected chi connectivity index (χ1v) is 9.38. The average Bonchev–Trinajstić information content (AvgIpc) is 3.06. The molecule has 0 amide bonds. The monoisotopic (exact) mass is 408 g/mol. The first kappa shape index (κ1) is 19.7.